The van der Waals surface area contributed by atoms with Crippen LogP contribution in [0, 0.1) is 5.82 Å². The van der Waals surface area contributed by atoms with E-state index in [0.717, 1.165) is 6.07 Å². The summed E-state index contributed by atoms with van der Waals surface area (Å²) in [5.41, 5.74) is 5.97. The van der Waals surface area contributed by atoms with Crippen LogP contribution in [0.2, 0.25) is 0 Å². The van der Waals surface area contributed by atoms with Gasteiger partial charge in [0.2, 0.25) is 0 Å². The SMILES string of the molecule is Nc1ccc(NC(=O)c2cccc(O)c2)c(F)c1. The van der Waals surface area contributed by atoms with Crippen molar-refractivity contribution in [2.75, 3.05) is 11.1 Å². The first-order valence-corrected chi connectivity index (χ1v) is 5.21. The third-order valence-corrected chi connectivity index (χ3v) is 2.35. The maximum absolute atomic E-state index is 13.5. The molecule has 0 saturated heterocycles. The highest BCUT2D eigenvalue weighted by molar-refractivity contribution is 6.04. The van der Waals surface area contributed by atoms with Crippen LogP contribution in [0.5, 0.6) is 5.75 Å². The van der Waals surface area contributed by atoms with Gasteiger partial charge in [0.25, 0.3) is 5.91 Å². The molecule has 0 aliphatic rings. The van der Waals surface area contributed by atoms with Crippen LogP contribution in [-0.2, 0) is 0 Å². The Morgan fingerprint density at radius 1 is 1.22 bits per heavy atom. The molecule has 2 aromatic rings. The van der Waals surface area contributed by atoms with E-state index in [1.54, 1.807) is 0 Å². The monoisotopic (exact) mass is 246 g/mol. The molecule has 0 radical (unpaired) electrons. The van der Waals surface area contributed by atoms with E-state index in [0.29, 0.717) is 0 Å². The number of aromatic hydroxyl groups is 1. The van der Waals surface area contributed by atoms with Gasteiger partial charge in [0.1, 0.15) is 11.6 Å². The third-order valence-electron chi connectivity index (χ3n) is 2.35. The fraction of sp³-hybridized carbons (Fsp3) is 0. The van der Waals surface area contributed by atoms with Gasteiger partial charge >= 0.3 is 0 Å². The lowest BCUT2D eigenvalue weighted by atomic mass is 10.2. The van der Waals surface area contributed by atoms with Crippen molar-refractivity contribution in [3.8, 4) is 5.75 Å². The number of rotatable bonds is 2. The van der Waals surface area contributed by atoms with Crippen LogP contribution in [0.3, 0.4) is 0 Å². The molecule has 18 heavy (non-hydrogen) atoms. The molecular weight excluding hydrogens is 235 g/mol. The first-order chi connectivity index (χ1) is 8.56. The van der Waals surface area contributed by atoms with Crippen LogP contribution < -0.4 is 11.1 Å². The molecule has 0 heterocycles. The molecule has 2 aromatic carbocycles. The highest BCUT2D eigenvalue weighted by atomic mass is 19.1. The second-order valence-corrected chi connectivity index (χ2v) is 3.74. The Morgan fingerprint density at radius 3 is 2.67 bits per heavy atom. The number of hydrogen-bond acceptors (Lipinski definition) is 3. The minimum Gasteiger partial charge on any atom is -0.508 e. The largest absolute Gasteiger partial charge is 0.508 e. The fourth-order valence-corrected chi connectivity index (χ4v) is 1.47. The van der Waals surface area contributed by atoms with Crippen LogP contribution in [0.4, 0.5) is 15.8 Å². The van der Waals surface area contributed by atoms with Crippen molar-refractivity contribution >= 4 is 17.3 Å². The van der Waals surface area contributed by atoms with Crippen LogP contribution >= 0.6 is 0 Å². The van der Waals surface area contributed by atoms with Gasteiger partial charge in [0.05, 0.1) is 5.69 Å². The van der Waals surface area contributed by atoms with E-state index in [4.69, 9.17) is 5.73 Å². The average Bonchev–Trinajstić information content (AvgIpc) is 2.32. The number of nitrogens with one attached hydrogen (secondary N) is 1. The van der Waals surface area contributed by atoms with E-state index in [2.05, 4.69) is 5.32 Å². The Labute approximate surface area is 103 Å². The lowest BCUT2D eigenvalue weighted by molar-refractivity contribution is 0.102. The zero-order valence-corrected chi connectivity index (χ0v) is 9.35. The van der Waals surface area contributed by atoms with E-state index < -0.39 is 11.7 Å². The normalized spacial score (nSPS) is 10.1. The highest BCUT2D eigenvalue weighted by Crippen LogP contribution is 2.18. The van der Waals surface area contributed by atoms with Crippen molar-refractivity contribution in [2.45, 2.75) is 0 Å². The van der Waals surface area contributed by atoms with Gasteiger partial charge in [-0.3, -0.25) is 4.79 Å². The van der Waals surface area contributed by atoms with E-state index in [1.165, 1.54) is 36.4 Å². The minimum absolute atomic E-state index is 0.0274. The van der Waals surface area contributed by atoms with Gasteiger partial charge in [-0.2, -0.15) is 0 Å². The number of nitrogens with two attached hydrogens (primary N) is 1. The fourth-order valence-electron chi connectivity index (χ4n) is 1.47. The maximum atomic E-state index is 13.5. The molecule has 0 aromatic heterocycles. The Bertz CT molecular complexity index is 599. The molecule has 0 spiro atoms. The van der Waals surface area contributed by atoms with Gasteiger partial charge in [0, 0.05) is 11.3 Å². The topological polar surface area (TPSA) is 75.3 Å². The molecule has 1 amide bonds. The number of carbonyl (C=O) groups is 1. The molecule has 0 bridgehead atoms. The van der Waals surface area contributed by atoms with Crippen molar-refractivity contribution in [1.29, 1.82) is 0 Å². The number of phenols is 1. The second-order valence-electron chi connectivity index (χ2n) is 3.74. The van der Waals surface area contributed by atoms with E-state index in [9.17, 15) is 14.3 Å². The molecule has 92 valence electrons. The molecule has 5 heteroatoms. The van der Waals surface area contributed by atoms with Crippen molar-refractivity contribution < 1.29 is 14.3 Å². The molecule has 4 N–H and O–H groups in total. The molecule has 0 fully saturated rings. The Hall–Kier alpha value is -2.56. The zero-order valence-electron chi connectivity index (χ0n) is 9.35. The number of halogens is 1. The molecule has 0 aliphatic carbocycles. The summed E-state index contributed by atoms with van der Waals surface area (Å²) in [7, 11) is 0. The number of carbonyl (C=O) groups excluding carboxylic acids is 1. The summed E-state index contributed by atoms with van der Waals surface area (Å²) in [4.78, 5) is 11.8. The molecule has 0 saturated carbocycles. The lowest BCUT2D eigenvalue weighted by Crippen LogP contribution is -2.12. The quantitative estimate of drug-likeness (QED) is 0.712. The maximum Gasteiger partial charge on any atom is 0.255 e. The summed E-state index contributed by atoms with van der Waals surface area (Å²) in [5.74, 6) is -1.14. The molecule has 0 aliphatic heterocycles. The highest BCUT2D eigenvalue weighted by Gasteiger charge is 2.09. The van der Waals surface area contributed by atoms with Gasteiger partial charge in [-0.05, 0) is 36.4 Å². The van der Waals surface area contributed by atoms with Gasteiger partial charge in [-0.1, -0.05) is 6.07 Å². The summed E-state index contributed by atoms with van der Waals surface area (Å²) in [6, 6.07) is 9.78. The van der Waals surface area contributed by atoms with Gasteiger partial charge in [-0.25, -0.2) is 4.39 Å². The Morgan fingerprint density at radius 2 is 2.00 bits per heavy atom. The third kappa shape index (κ3) is 2.57. The summed E-state index contributed by atoms with van der Waals surface area (Å²) in [6.07, 6.45) is 0. The first-order valence-electron chi connectivity index (χ1n) is 5.21. The summed E-state index contributed by atoms with van der Waals surface area (Å²) < 4.78 is 13.5. The number of benzene rings is 2. The van der Waals surface area contributed by atoms with Crippen LogP contribution in [0.1, 0.15) is 10.4 Å². The average molecular weight is 246 g/mol. The van der Waals surface area contributed by atoms with Crippen LogP contribution in [0.25, 0.3) is 0 Å². The Balaban J connectivity index is 2.21. The van der Waals surface area contributed by atoms with Crippen molar-refractivity contribution in [1.82, 2.24) is 0 Å². The van der Waals surface area contributed by atoms with Crippen molar-refractivity contribution in [3.63, 3.8) is 0 Å². The first kappa shape index (κ1) is 11.9. The molecular formula is C13H11FN2O2. The Kier molecular flexibility index (Phi) is 3.14. The smallest absolute Gasteiger partial charge is 0.255 e. The van der Waals surface area contributed by atoms with E-state index in [-0.39, 0.29) is 22.7 Å². The number of phenolic OH excluding ortho intramolecular Hbond substituents is 1. The number of nitrogen functional groups attached to an aromatic ring is 1. The summed E-state index contributed by atoms with van der Waals surface area (Å²) >= 11 is 0. The van der Waals surface area contributed by atoms with Gasteiger partial charge < -0.3 is 16.2 Å². The van der Waals surface area contributed by atoms with Crippen molar-refractivity contribution in [3.05, 3.63) is 53.8 Å². The number of anilines is 2. The second kappa shape index (κ2) is 4.75. The predicted octanol–water partition coefficient (Wildman–Crippen LogP) is 2.37. The summed E-state index contributed by atoms with van der Waals surface area (Å²) in [6.45, 7) is 0. The van der Waals surface area contributed by atoms with Crippen molar-refractivity contribution in [2.24, 2.45) is 0 Å². The van der Waals surface area contributed by atoms with Gasteiger partial charge in [-0.15, -0.1) is 0 Å². The molecule has 0 unspecified atom stereocenters. The predicted molar refractivity (Wildman–Crippen MR) is 66.9 cm³/mol. The van der Waals surface area contributed by atoms with Crippen LogP contribution in [0.15, 0.2) is 42.5 Å². The zero-order chi connectivity index (χ0) is 13.1. The standard InChI is InChI=1S/C13H11FN2O2/c14-11-7-9(15)4-5-12(11)16-13(18)8-2-1-3-10(17)6-8/h1-7,17H,15H2,(H,16,18). The lowest BCUT2D eigenvalue weighted by Gasteiger charge is -2.07. The van der Waals surface area contributed by atoms with E-state index in [1.807, 2.05) is 0 Å². The summed E-state index contributed by atoms with van der Waals surface area (Å²) in [5, 5.41) is 11.6. The van der Waals surface area contributed by atoms with Gasteiger partial charge in [0.15, 0.2) is 0 Å². The molecule has 2 rings (SSSR count). The molecule has 0 atom stereocenters. The number of hydrogen-bond donors (Lipinski definition) is 3. The number of amides is 1. The van der Waals surface area contributed by atoms with Crippen LogP contribution in [-0.4, -0.2) is 11.0 Å². The van der Waals surface area contributed by atoms with E-state index >= 15 is 0 Å². The minimum atomic E-state index is -0.608. The molecule has 4 nitrogen and oxygen atoms in total.